The van der Waals surface area contributed by atoms with Gasteiger partial charge in [-0.15, -0.1) is 0 Å². The van der Waals surface area contributed by atoms with Gasteiger partial charge in [-0.1, -0.05) is 25.7 Å². The zero-order valence-corrected chi connectivity index (χ0v) is 10.7. The quantitative estimate of drug-likeness (QED) is 0.755. The van der Waals surface area contributed by atoms with Crippen LogP contribution in [-0.2, 0) is 9.53 Å². The first-order valence-electron chi connectivity index (χ1n) is 6.83. The topological polar surface area (TPSA) is 50.4 Å². The van der Waals surface area contributed by atoms with Gasteiger partial charge in [-0.25, -0.2) is 0 Å². The molecule has 2 unspecified atom stereocenters. The number of hydrogen-bond donors (Lipinski definition) is 2. The van der Waals surface area contributed by atoms with Crippen molar-refractivity contribution in [3.8, 4) is 0 Å². The maximum Gasteiger partial charge on any atom is 0.237 e. The van der Waals surface area contributed by atoms with E-state index in [0.717, 1.165) is 31.8 Å². The Bertz CT molecular complexity index is 252. The van der Waals surface area contributed by atoms with Crippen molar-refractivity contribution in [2.75, 3.05) is 20.2 Å². The van der Waals surface area contributed by atoms with Crippen LogP contribution in [0.15, 0.2) is 0 Å². The van der Waals surface area contributed by atoms with E-state index in [0.29, 0.717) is 0 Å². The lowest BCUT2D eigenvalue weighted by atomic mass is 10.0. The lowest BCUT2D eigenvalue weighted by molar-refractivity contribution is -0.123. The second kappa shape index (κ2) is 6.36. The van der Waals surface area contributed by atoms with Crippen LogP contribution < -0.4 is 10.6 Å². The van der Waals surface area contributed by atoms with Crippen LogP contribution >= 0.6 is 0 Å². The summed E-state index contributed by atoms with van der Waals surface area (Å²) >= 11 is 0. The van der Waals surface area contributed by atoms with Crippen molar-refractivity contribution in [2.45, 2.75) is 50.7 Å². The third kappa shape index (κ3) is 3.68. The number of hydrogen-bond acceptors (Lipinski definition) is 3. The van der Waals surface area contributed by atoms with Gasteiger partial charge in [0.25, 0.3) is 0 Å². The molecule has 1 aliphatic heterocycles. The number of carbonyl (C=O) groups is 1. The zero-order chi connectivity index (χ0) is 12.1. The molecule has 1 amide bonds. The first kappa shape index (κ1) is 12.8. The molecule has 0 bridgehead atoms. The van der Waals surface area contributed by atoms with Crippen molar-refractivity contribution in [1.29, 1.82) is 0 Å². The maximum atomic E-state index is 11.9. The van der Waals surface area contributed by atoms with Gasteiger partial charge in [-0.3, -0.25) is 4.79 Å². The molecule has 2 atom stereocenters. The fourth-order valence-electron chi connectivity index (χ4n) is 2.90. The summed E-state index contributed by atoms with van der Waals surface area (Å²) in [6.07, 6.45) is 7.59. The van der Waals surface area contributed by atoms with E-state index in [9.17, 15) is 4.79 Å². The van der Waals surface area contributed by atoms with Crippen LogP contribution in [0.3, 0.4) is 0 Å². The minimum atomic E-state index is -0.0523. The Morgan fingerprint density at radius 3 is 2.82 bits per heavy atom. The highest BCUT2D eigenvalue weighted by atomic mass is 16.5. The van der Waals surface area contributed by atoms with E-state index in [1.54, 1.807) is 7.11 Å². The first-order valence-corrected chi connectivity index (χ1v) is 6.83. The Balaban J connectivity index is 1.60. The molecular formula is C13H24N2O2. The molecule has 1 aliphatic carbocycles. The van der Waals surface area contributed by atoms with Crippen molar-refractivity contribution in [1.82, 2.24) is 10.6 Å². The Kier molecular flexibility index (Phi) is 4.80. The molecule has 2 fully saturated rings. The molecule has 17 heavy (non-hydrogen) atoms. The van der Waals surface area contributed by atoms with Crippen molar-refractivity contribution in [2.24, 2.45) is 5.92 Å². The monoisotopic (exact) mass is 240 g/mol. The molecule has 0 spiro atoms. The summed E-state index contributed by atoms with van der Waals surface area (Å²) < 4.78 is 5.23. The molecule has 0 radical (unpaired) electrons. The standard InChI is InChI=1S/C13H24N2O2/c1-17-11-8-12(15-9-11)13(16)14-7-6-10-4-2-3-5-10/h10-12,15H,2-9H2,1H3,(H,14,16). The van der Waals surface area contributed by atoms with Gasteiger partial charge in [0, 0.05) is 20.2 Å². The van der Waals surface area contributed by atoms with Gasteiger partial charge in [-0.2, -0.15) is 0 Å². The van der Waals surface area contributed by atoms with Gasteiger partial charge in [0.15, 0.2) is 0 Å². The SMILES string of the molecule is COC1CNC(C(=O)NCCC2CCCC2)C1. The molecule has 0 aromatic rings. The summed E-state index contributed by atoms with van der Waals surface area (Å²) in [5.74, 6) is 0.987. The number of ether oxygens (including phenoxy) is 1. The van der Waals surface area contributed by atoms with E-state index in [2.05, 4.69) is 10.6 Å². The molecule has 4 nitrogen and oxygen atoms in total. The van der Waals surface area contributed by atoms with Crippen LogP contribution in [0.2, 0.25) is 0 Å². The van der Waals surface area contributed by atoms with E-state index in [-0.39, 0.29) is 18.1 Å². The summed E-state index contributed by atoms with van der Waals surface area (Å²) in [6, 6.07) is -0.0523. The molecule has 2 rings (SSSR count). The van der Waals surface area contributed by atoms with Gasteiger partial charge in [-0.05, 0) is 18.8 Å². The summed E-state index contributed by atoms with van der Waals surface area (Å²) in [5.41, 5.74) is 0. The fourth-order valence-corrected chi connectivity index (χ4v) is 2.90. The van der Waals surface area contributed by atoms with Crippen molar-refractivity contribution < 1.29 is 9.53 Å². The molecule has 2 aliphatic rings. The van der Waals surface area contributed by atoms with E-state index in [1.165, 1.54) is 25.7 Å². The summed E-state index contributed by atoms with van der Waals surface area (Å²) in [5, 5.41) is 6.24. The molecule has 1 heterocycles. The normalized spacial score (nSPS) is 29.7. The first-order chi connectivity index (χ1) is 8.29. The highest BCUT2D eigenvalue weighted by Gasteiger charge is 2.29. The van der Waals surface area contributed by atoms with Crippen LogP contribution in [-0.4, -0.2) is 38.3 Å². The van der Waals surface area contributed by atoms with Crippen LogP contribution in [0.25, 0.3) is 0 Å². The predicted molar refractivity (Wildman–Crippen MR) is 66.8 cm³/mol. The van der Waals surface area contributed by atoms with Crippen molar-refractivity contribution >= 4 is 5.91 Å². The van der Waals surface area contributed by atoms with Gasteiger partial charge in [0.2, 0.25) is 5.91 Å². The Hall–Kier alpha value is -0.610. The number of rotatable bonds is 5. The van der Waals surface area contributed by atoms with Crippen molar-refractivity contribution in [3.63, 3.8) is 0 Å². The lowest BCUT2D eigenvalue weighted by Crippen LogP contribution is -2.41. The van der Waals surface area contributed by atoms with Crippen LogP contribution in [0.5, 0.6) is 0 Å². The Labute approximate surface area is 103 Å². The van der Waals surface area contributed by atoms with Gasteiger partial charge in [0.1, 0.15) is 0 Å². The minimum absolute atomic E-state index is 0.0523. The van der Waals surface area contributed by atoms with E-state index in [1.807, 2.05) is 0 Å². The van der Waals surface area contributed by atoms with Crippen LogP contribution in [0, 0.1) is 5.92 Å². The second-order valence-corrected chi connectivity index (χ2v) is 5.28. The number of nitrogens with one attached hydrogen (secondary N) is 2. The highest BCUT2D eigenvalue weighted by Crippen LogP contribution is 2.26. The third-order valence-electron chi connectivity index (χ3n) is 4.07. The summed E-state index contributed by atoms with van der Waals surface area (Å²) in [6.45, 7) is 1.62. The Morgan fingerprint density at radius 1 is 1.41 bits per heavy atom. The molecule has 0 aromatic carbocycles. The maximum absolute atomic E-state index is 11.9. The van der Waals surface area contributed by atoms with Crippen LogP contribution in [0.4, 0.5) is 0 Å². The zero-order valence-electron chi connectivity index (χ0n) is 10.7. The number of methoxy groups -OCH3 is 1. The predicted octanol–water partition coefficient (Wildman–Crippen LogP) is 1.06. The second-order valence-electron chi connectivity index (χ2n) is 5.28. The summed E-state index contributed by atoms with van der Waals surface area (Å²) in [7, 11) is 1.70. The molecule has 98 valence electrons. The average molecular weight is 240 g/mol. The van der Waals surface area contributed by atoms with E-state index >= 15 is 0 Å². The Morgan fingerprint density at radius 2 is 2.18 bits per heavy atom. The molecule has 2 N–H and O–H groups in total. The van der Waals surface area contributed by atoms with Crippen molar-refractivity contribution in [3.05, 3.63) is 0 Å². The minimum Gasteiger partial charge on any atom is -0.380 e. The highest BCUT2D eigenvalue weighted by molar-refractivity contribution is 5.82. The lowest BCUT2D eigenvalue weighted by Gasteiger charge is -2.13. The van der Waals surface area contributed by atoms with Gasteiger partial charge >= 0.3 is 0 Å². The molecule has 4 heteroatoms. The summed E-state index contributed by atoms with van der Waals surface area (Å²) in [4.78, 5) is 11.9. The van der Waals surface area contributed by atoms with E-state index < -0.39 is 0 Å². The van der Waals surface area contributed by atoms with Gasteiger partial charge < -0.3 is 15.4 Å². The number of amides is 1. The molecule has 0 aromatic heterocycles. The largest absolute Gasteiger partial charge is 0.380 e. The number of carbonyl (C=O) groups excluding carboxylic acids is 1. The van der Waals surface area contributed by atoms with Crippen LogP contribution in [0.1, 0.15) is 38.5 Å². The average Bonchev–Trinajstić information content (AvgIpc) is 2.99. The molecule has 1 saturated carbocycles. The van der Waals surface area contributed by atoms with E-state index in [4.69, 9.17) is 4.74 Å². The fraction of sp³-hybridized carbons (Fsp3) is 0.923. The smallest absolute Gasteiger partial charge is 0.237 e. The molecule has 1 saturated heterocycles. The third-order valence-corrected chi connectivity index (χ3v) is 4.07. The molecular weight excluding hydrogens is 216 g/mol. The van der Waals surface area contributed by atoms with Gasteiger partial charge in [0.05, 0.1) is 12.1 Å².